The highest BCUT2D eigenvalue weighted by atomic mass is 79.9. The lowest BCUT2D eigenvalue weighted by atomic mass is 9.78. The molecular weight excluding hydrogens is 384 g/mol. The maximum absolute atomic E-state index is 12.6. The summed E-state index contributed by atoms with van der Waals surface area (Å²) in [4.78, 5) is 30.9. The van der Waals surface area contributed by atoms with Gasteiger partial charge in [0.05, 0.1) is 29.3 Å². The summed E-state index contributed by atoms with van der Waals surface area (Å²) in [5.74, 6) is 0.845. The molecule has 2 heterocycles. The van der Waals surface area contributed by atoms with Crippen molar-refractivity contribution < 1.29 is 9.69 Å². The Labute approximate surface area is 154 Å². The molecule has 1 unspecified atom stereocenters. The lowest BCUT2D eigenvalue weighted by Crippen LogP contribution is -3.18. The van der Waals surface area contributed by atoms with Gasteiger partial charge in [0.2, 0.25) is 0 Å². The van der Waals surface area contributed by atoms with E-state index in [1.807, 2.05) is 6.07 Å². The van der Waals surface area contributed by atoms with Crippen molar-refractivity contribution in [1.82, 2.24) is 9.97 Å². The number of hydrogen-bond acceptors (Lipinski definition) is 2. The number of quaternary nitrogens is 1. The van der Waals surface area contributed by atoms with E-state index in [1.54, 1.807) is 6.07 Å². The minimum absolute atomic E-state index is 0.0409. The Hall–Kier alpha value is -1.60. The van der Waals surface area contributed by atoms with E-state index in [0.717, 1.165) is 22.5 Å². The number of rotatable bonds is 3. The number of benzene rings is 1. The molecule has 1 saturated heterocycles. The second-order valence-electron chi connectivity index (χ2n) is 7.38. The van der Waals surface area contributed by atoms with Gasteiger partial charge in [-0.05, 0) is 60.2 Å². The molecule has 0 spiro atoms. The van der Waals surface area contributed by atoms with E-state index in [0.29, 0.717) is 23.8 Å². The number of amides is 1. The number of piperidine rings is 1. The smallest absolute Gasteiger partial charge is 0.323 e. The van der Waals surface area contributed by atoms with Crippen molar-refractivity contribution in [2.75, 3.05) is 18.4 Å². The van der Waals surface area contributed by atoms with Crippen LogP contribution in [0.3, 0.4) is 0 Å². The van der Waals surface area contributed by atoms with Gasteiger partial charge < -0.3 is 20.2 Å². The zero-order valence-corrected chi connectivity index (χ0v) is 15.7. The van der Waals surface area contributed by atoms with Gasteiger partial charge in [0.25, 0.3) is 5.91 Å². The molecule has 0 radical (unpaired) electrons. The highest BCUT2D eigenvalue weighted by Gasteiger charge is 2.37. The number of aromatic amines is 2. The van der Waals surface area contributed by atoms with Gasteiger partial charge in [-0.3, -0.25) is 4.79 Å². The molecule has 6 nitrogen and oxygen atoms in total. The number of carbonyl (C=O) groups excluding carboxylic acids is 1. The summed E-state index contributed by atoms with van der Waals surface area (Å²) in [6.07, 6.45) is 7.80. The van der Waals surface area contributed by atoms with Crippen LogP contribution in [-0.4, -0.2) is 35.0 Å². The van der Waals surface area contributed by atoms with Crippen molar-refractivity contribution in [2.24, 2.45) is 5.92 Å². The van der Waals surface area contributed by atoms with E-state index in [1.165, 1.54) is 43.4 Å². The molecule has 25 heavy (non-hydrogen) atoms. The third-order valence-corrected chi connectivity index (χ3v) is 6.43. The number of likely N-dealkylation sites (tertiary alicyclic amines) is 1. The molecule has 4 N–H and O–H groups in total. The molecule has 134 valence electrons. The normalized spacial score (nSPS) is 26.4. The Bertz CT molecular complexity index is 841. The van der Waals surface area contributed by atoms with Crippen LogP contribution in [0.15, 0.2) is 21.4 Å². The summed E-state index contributed by atoms with van der Waals surface area (Å²) in [6.45, 7) is 1.62. The van der Waals surface area contributed by atoms with Crippen molar-refractivity contribution >= 4 is 38.6 Å². The molecule has 1 aromatic heterocycles. The molecule has 2 aliphatic rings. The summed E-state index contributed by atoms with van der Waals surface area (Å²) >= 11 is 3.48. The van der Waals surface area contributed by atoms with E-state index < -0.39 is 0 Å². The van der Waals surface area contributed by atoms with Gasteiger partial charge in [0.1, 0.15) is 0 Å². The Morgan fingerprint density at radius 2 is 1.88 bits per heavy atom. The van der Waals surface area contributed by atoms with Gasteiger partial charge in [-0.15, -0.1) is 0 Å². The minimum atomic E-state index is -0.244. The molecule has 3 atom stereocenters. The topological polar surface area (TPSA) is 82.2 Å². The molecule has 2 fully saturated rings. The second kappa shape index (κ2) is 6.96. The molecule has 1 aromatic carbocycles. The number of nitrogens with one attached hydrogen (secondary N) is 4. The van der Waals surface area contributed by atoms with Crippen LogP contribution in [0.25, 0.3) is 11.0 Å². The highest BCUT2D eigenvalue weighted by Crippen LogP contribution is 2.28. The van der Waals surface area contributed by atoms with Gasteiger partial charge in [-0.25, -0.2) is 4.79 Å². The third kappa shape index (κ3) is 3.53. The van der Waals surface area contributed by atoms with E-state index in [4.69, 9.17) is 0 Å². The number of H-pyrrole nitrogens is 2. The van der Waals surface area contributed by atoms with Crippen LogP contribution in [0.2, 0.25) is 0 Å². The number of anilines is 1. The predicted molar refractivity (Wildman–Crippen MR) is 101 cm³/mol. The van der Waals surface area contributed by atoms with Gasteiger partial charge in [-0.1, -0.05) is 6.42 Å². The molecule has 2 aromatic rings. The number of hydrogen-bond donors (Lipinski definition) is 4. The Morgan fingerprint density at radius 3 is 2.72 bits per heavy atom. The molecule has 1 aliphatic carbocycles. The molecule has 7 heteroatoms. The molecule has 1 aliphatic heterocycles. The van der Waals surface area contributed by atoms with E-state index in [-0.39, 0.29) is 11.6 Å². The average Bonchev–Trinajstić information content (AvgIpc) is 2.94. The van der Waals surface area contributed by atoms with Gasteiger partial charge >= 0.3 is 5.69 Å². The molecule has 0 bridgehead atoms. The highest BCUT2D eigenvalue weighted by molar-refractivity contribution is 9.10. The monoisotopic (exact) mass is 407 g/mol. The summed E-state index contributed by atoms with van der Waals surface area (Å²) < 4.78 is 0.771. The largest absolute Gasteiger partial charge is 0.324 e. The van der Waals surface area contributed by atoms with Crippen LogP contribution >= 0.6 is 15.9 Å². The van der Waals surface area contributed by atoms with E-state index in [9.17, 15) is 9.59 Å². The number of halogens is 1. The van der Waals surface area contributed by atoms with Crippen LogP contribution < -0.4 is 15.9 Å². The SMILES string of the molecule is O=C(C[NH+]1CCC[C@H]2CCCC[C@@H]21)Nc1cc2[nH]c(=O)[nH]c2cc1Br. The molecular formula is C18H24BrN4O2+. The molecule has 1 amide bonds. The first kappa shape index (κ1) is 16.8. The second-order valence-corrected chi connectivity index (χ2v) is 8.24. The van der Waals surface area contributed by atoms with Gasteiger partial charge in [0, 0.05) is 10.4 Å². The van der Waals surface area contributed by atoms with Gasteiger partial charge in [-0.2, -0.15) is 0 Å². The maximum atomic E-state index is 12.6. The quantitative estimate of drug-likeness (QED) is 0.625. The van der Waals surface area contributed by atoms with Crippen LogP contribution in [0.1, 0.15) is 38.5 Å². The minimum Gasteiger partial charge on any atom is -0.324 e. The predicted octanol–water partition coefficient (Wildman–Crippen LogP) is 1.79. The van der Waals surface area contributed by atoms with Crippen molar-refractivity contribution in [3.63, 3.8) is 0 Å². The first-order chi connectivity index (χ1) is 12.1. The summed E-state index contributed by atoms with van der Waals surface area (Å²) in [5.41, 5.74) is 1.87. The number of fused-ring (bicyclic) bond motifs is 2. The first-order valence-corrected chi connectivity index (χ1v) is 9.95. The van der Waals surface area contributed by atoms with E-state index in [2.05, 4.69) is 31.2 Å². The standard InChI is InChI=1S/C18H23BrN4O2/c19-12-8-14-15(22-18(25)21-14)9-13(12)20-17(24)10-23-7-3-5-11-4-1-2-6-16(11)23/h8-9,11,16H,1-7,10H2,(H,20,24)(H2,21,22,25)/p+1/t11-,16+/m1/s1. The number of carbonyl (C=O) groups is 1. The number of aromatic nitrogens is 2. The zero-order valence-electron chi connectivity index (χ0n) is 14.2. The van der Waals surface area contributed by atoms with Crippen LogP contribution in [0, 0.1) is 5.92 Å². The van der Waals surface area contributed by atoms with Crippen LogP contribution in [0.4, 0.5) is 5.69 Å². The molecule has 4 rings (SSSR count). The van der Waals surface area contributed by atoms with Crippen molar-refractivity contribution in [1.29, 1.82) is 0 Å². The van der Waals surface area contributed by atoms with Crippen molar-refractivity contribution in [3.8, 4) is 0 Å². The summed E-state index contributed by atoms with van der Waals surface area (Å²) in [6, 6.07) is 4.26. The molecule has 1 saturated carbocycles. The fourth-order valence-corrected chi connectivity index (χ4v) is 5.08. The Morgan fingerprint density at radius 1 is 1.16 bits per heavy atom. The first-order valence-electron chi connectivity index (χ1n) is 9.16. The fraction of sp³-hybridized carbons (Fsp3) is 0.556. The lowest BCUT2D eigenvalue weighted by Gasteiger charge is -2.40. The fourth-order valence-electron chi connectivity index (χ4n) is 4.64. The summed E-state index contributed by atoms with van der Waals surface area (Å²) in [5, 5.41) is 3.01. The zero-order chi connectivity index (χ0) is 17.4. The Kier molecular flexibility index (Phi) is 4.69. The van der Waals surface area contributed by atoms with E-state index >= 15 is 0 Å². The number of imidazole rings is 1. The van der Waals surface area contributed by atoms with Crippen molar-refractivity contribution in [3.05, 3.63) is 27.1 Å². The summed E-state index contributed by atoms with van der Waals surface area (Å²) in [7, 11) is 0. The average molecular weight is 408 g/mol. The van der Waals surface area contributed by atoms with Gasteiger partial charge in [0.15, 0.2) is 6.54 Å². The maximum Gasteiger partial charge on any atom is 0.323 e. The lowest BCUT2D eigenvalue weighted by molar-refractivity contribution is -0.928. The van der Waals surface area contributed by atoms with Crippen LogP contribution in [0.5, 0.6) is 0 Å². The van der Waals surface area contributed by atoms with Crippen molar-refractivity contribution in [2.45, 2.75) is 44.6 Å². The third-order valence-electron chi connectivity index (χ3n) is 5.77. The van der Waals surface area contributed by atoms with Crippen LogP contribution in [-0.2, 0) is 4.79 Å². The Balaban J connectivity index is 1.46.